The van der Waals surface area contributed by atoms with E-state index in [0.29, 0.717) is 0 Å². The molecular weight excluding hydrogens is 358 g/mol. The van der Waals surface area contributed by atoms with Gasteiger partial charge in [0.1, 0.15) is 0 Å². The van der Waals surface area contributed by atoms with E-state index in [-0.39, 0.29) is 0 Å². The molecule has 1 fully saturated rings. The van der Waals surface area contributed by atoms with E-state index in [1.165, 1.54) is 16.8 Å². The summed E-state index contributed by atoms with van der Waals surface area (Å²) in [5, 5.41) is 8.60. The van der Waals surface area contributed by atoms with Gasteiger partial charge in [-0.1, -0.05) is 42.0 Å². The molecule has 0 bridgehead atoms. The number of anilines is 1. The van der Waals surface area contributed by atoms with E-state index in [9.17, 15) is 0 Å². The second kappa shape index (κ2) is 7.33. The van der Waals surface area contributed by atoms with Gasteiger partial charge in [-0.05, 0) is 37.7 Å². The molecule has 0 atom stereocenters. The molecule has 0 aliphatic carbocycles. The van der Waals surface area contributed by atoms with Gasteiger partial charge in [0.05, 0.1) is 5.69 Å². The van der Waals surface area contributed by atoms with Gasteiger partial charge in [-0.2, -0.15) is 5.10 Å². The third kappa shape index (κ3) is 3.49. The Morgan fingerprint density at radius 2 is 1.52 bits per heavy atom. The van der Waals surface area contributed by atoms with Crippen molar-refractivity contribution in [2.24, 2.45) is 0 Å². The quantitative estimate of drug-likeness (QED) is 0.571. The van der Waals surface area contributed by atoms with Gasteiger partial charge in [0.25, 0.3) is 0 Å². The fourth-order valence-electron chi connectivity index (χ4n) is 3.93. The highest BCUT2D eigenvalue weighted by molar-refractivity contribution is 5.93. The minimum atomic E-state index is 0.749. The lowest BCUT2D eigenvalue weighted by atomic mass is 10.0. The fourth-order valence-corrected chi connectivity index (χ4v) is 3.93. The largest absolute Gasteiger partial charge is 0.369 e. The maximum absolute atomic E-state index is 4.58. The van der Waals surface area contributed by atoms with E-state index in [4.69, 9.17) is 0 Å². The van der Waals surface area contributed by atoms with E-state index < -0.39 is 0 Å². The molecule has 1 N–H and O–H groups in total. The van der Waals surface area contributed by atoms with Crippen molar-refractivity contribution in [2.75, 3.05) is 38.1 Å². The number of benzene rings is 2. The smallest absolute Gasteiger partial charge is 0.181 e. The van der Waals surface area contributed by atoms with Crippen molar-refractivity contribution in [3.8, 4) is 22.4 Å². The average molecular weight is 383 g/mol. The molecule has 0 radical (unpaired) electrons. The zero-order valence-electron chi connectivity index (χ0n) is 16.9. The van der Waals surface area contributed by atoms with E-state index in [1.807, 2.05) is 6.20 Å². The Kier molecular flexibility index (Phi) is 4.52. The predicted octanol–water partition coefficient (Wildman–Crippen LogP) is 4.35. The molecule has 2 aromatic carbocycles. The molecule has 0 saturated carbocycles. The Hall–Kier alpha value is -3.18. The SMILES string of the molecule is Cc1ccc(-c2[nH]nc3ncc(-c4ccc(N5CCN(C)CC5)cc4)cc23)cc1. The van der Waals surface area contributed by atoms with Crippen LogP contribution in [0.4, 0.5) is 5.69 Å². The summed E-state index contributed by atoms with van der Waals surface area (Å²) in [6.45, 7) is 6.49. The average Bonchev–Trinajstić information content (AvgIpc) is 3.18. The number of nitrogens with zero attached hydrogens (tertiary/aromatic N) is 4. The highest BCUT2D eigenvalue weighted by Crippen LogP contribution is 2.30. The van der Waals surface area contributed by atoms with Crippen LogP contribution < -0.4 is 4.90 Å². The van der Waals surface area contributed by atoms with Crippen molar-refractivity contribution in [2.45, 2.75) is 6.92 Å². The Morgan fingerprint density at radius 3 is 2.24 bits per heavy atom. The number of H-pyrrole nitrogens is 1. The number of hydrogen-bond donors (Lipinski definition) is 1. The van der Waals surface area contributed by atoms with E-state index in [1.54, 1.807) is 0 Å². The minimum absolute atomic E-state index is 0.749. The number of fused-ring (bicyclic) bond motifs is 1. The second-order valence-electron chi connectivity index (χ2n) is 7.90. The molecule has 146 valence electrons. The lowest BCUT2D eigenvalue weighted by Gasteiger charge is -2.34. The summed E-state index contributed by atoms with van der Waals surface area (Å²) in [6, 6.07) is 19.5. The molecule has 5 heteroatoms. The Bertz CT molecular complexity index is 1120. The molecular formula is C24H25N5. The number of nitrogens with one attached hydrogen (secondary N) is 1. The van der Waals surface area contributed by atoms with Crippen LogP contribution >= 0.6 is 0 Å². The molecule has 1 aliphatic rings. The van der Waals surface area contributed by atoms with Crippen molar-refractivity contribution in [1.29, 1.82) is 0 Å². The predicted molar refractivity (Wildman–Crippen MR) is 119 cm³/mol. The zero-order chi connectivity index (χ0) is 19.8. The summed E-state index contributed by atoms with van der Waals surface area (Å²) in [5.74, 6) is 0. The van der Waals surface area contributed by atoms with Crippen LogP contribution in [0.15, 0.2) is 60.8 Å². The van der Waals surface area contributed by atoms with E-state index in [0.717, 1.165) is 54.0 Å². The first-order chi connectivity index (χ1) is 14.2. The van der Waals surface area contributed by atoms with Gasteiger partial charge in [-0.3, -0.25) is 5.10 Å². The normalized spacial score (nSPS) is 15.2. The maximum atomic E-state index is 4.58. The first-order valence-corrected chi connectivity index (χ1v) is 10.1. The van der Waals surface area contributed by atoms with Crippen molar-refractivity contribution in [1.82, 2.24) is 20.1 Å². The number of aryl methyl sites for hydroxylation is 1. The highest BCUT2D eigenvalue weighted by atomic mass is 15.2. The number of likely N-dealkylation sites (N-methyl/N-ethyl adjacent to an activating group) is 1. The van der Waals surface area contributed by atoms with Gasteiger partial charge in [0.2, 0.25) is 0 Å². The molecule has 3 heterocycles. The minimum Gasteiger partial charge on any atom is -0.369 e. The van der Waals surface area contributed by atoms with Gasteiger partial charge in [0, 0.05) is 54.6 Å². The first kappa shape index (κ1) is 17.9. The third-order valence-electron chi connectivity index (χ3n) is 5.82. The number of aromatic nitrogens is 3. The third-order valence-corrected chi connectivity index (χ3v) is 5.82. The van der Waals surface area contributed by atoms with E-state index in [2.05, 4.69) is 93.5 Å². The lowest BCUT2D eigenvalue weighted by Crippen LogP contribution is -2.44. The van der Waals surface area contributed by atoms with Crippen LogP contribution in [0.1, 0.15) is 5.56 Å². The van der Waals surface area contributed by atoms with Crippen LogP contribution in [0, 0.1) is 6.92 Å². The number of aromatic amines is 1. The molecule has 5 nitrogen and oxygen atoms in total. The van der Waals surface area contributed by atoms with Gasteiger partial charge >= 0.3 is 0 Å². The molecule has 0 unspecified atom stereocenters. The molecule has 2 aromatic heterocycles. The molecule has 1 saturated heterocycles. The number of piperazine rings is 1. The Labute approximate surface area is 171 Å². The number of rotatable bonds is 3. The maximum Gasteiger partial charge on any atom is 0.181 e. The lowest BCUT2D eigenvalue weighted by molar-refractivity contribution is 0.313. The Balaban J connectivity index is 1.46. The molecule has 29 heavy (non-hydrogen) atoms. The van der Waals surface area contributed by atoms with Gasteiger partial charge in [-0.15, -0.1) is 0 Å². The summed E-state index contributed by atoms with van der Waals surface area (Å²) in [6.07, 6.45) is 1.91. The van der Waals surface area contributed by atoms with Crippen LogP contribution in [0.5, 0.6) is 0 Å². The molecule has 1 aliphatic heterocycles. The van der Waals surface area contributed by atoms with E-state index >= 15 is 0 Å². The van der Waals surface area contributed by atoms with Crippen LogP contribution in [-0.4, -0.2) is 53.3 Å². The molecule has 5 rings (SSSR count). The highest BCUT2D eigenvalue weighted by Gasteiger charge is 2.15. The van der Waals surface area contributed by atoms with Crippen LogP contribution in [0.3, 0.4) is 0 Å². The van der Waals surface area contributed by atoms with Gasteiger partial charge in [-0.25, -0.2) is 4.98 Å². The fraction of sp³-hybridized carbons (Fsp3) is 0.250. The number of pyridine rings is 1. The zero-order valence-corrected chi connectivity index (χ0v) is 16.9. The summed E-state index contributed by atoms with van der Waals surface area (Å²) in [7, 11) is 2.18. The van der Waals surface area contributed by atoms with Crippen LogP contribution in [0.2, 0.25) is 0 Å². The van der Waals surface area contributed by atoms with Crippen LogP contribution in [0.25, 0.3) is 33.4 Å². The monoisotopic (exact) mass is 383 g/mol. The summed E-state index contributed by atoms with van der Waals surface area (Å²) >= 11 is 0. The van der Waals surface area contributed by atoms with Crippen molar-refractivity contribution >= 4 is 16.7 Å². The van der Waals surface area contributed by atoms with Crippen molar-refractivity contribution < 1.29 is 0 Å². The van der Waals surface area contributed by atoms with Gasteiger partial charge < -0.3 is 9.80 Å². The topological polar surface area (TPSA) is 48.1 Å². The standard InChI is InChI=1S/C24H25N5/c1-17-3-5-19(6-4-17)23-22-15-20(16-25-24(22)27-26-23)18-7-9-21(10-8-18)29-13-11-28(2)12-14-29/h3-10,15-16H,11-14H2,1-2H3,(H,25,26,27). The summed E-state index contributed by atoms with van der Waals surface area (Å²) < 4.78 is 0. The second-order valence-corrected chi connectivity index (χ2v) is 7.90. The first-order valence-electron chi connectivity index (χ1n) is 10.1. The summed E-state index contributed by atoms with van der Waals surface area (Å²) in [5.41, 5.74) is 7.71. The summed E-state index contributed by atoms with van der Waals surface area (Å²) in [4.78, 5) is 9.42. The molecule has 0 spiro atoms. The Morgan fingerprint density at radius 1 is 0.828 bits per heavy atom. The number of hydrogen-bond acceptors (Lipinski definition) is 4. The van der Waals surface area contributed by atoms with Crippen molar-refractivity contribution in [3.05, 3.63) is 66.4 Å². The van der Waals surface area contributed by atoms with Crippen molar-refractivity contribution in [3.63, 3.8) is 0 Å². The van der Waals surface area contributed by atoms with Gasteiger partial charge in [0.15, 0.2) is 5.65 Å². The van der Waals surface area contributed by atoms with Crippen LogP contribution in [-0.2, 0) is 0 Å². The molecule has 0 amide bonds. The molecule has 4 aromatic rings.